The summed E-state index contributed by atoms with van der Waals surface area (Å²) >= 11 is 9.42. The van der Waals surface area contributed by atoms with Crippen LogP contribution in [0, 0.1) is 5.92 Å². The van der Waals surface area contributed by atoms with E-state index in [2.05, 4.69) is 57.4 Å². The second-order valence-electron chi connectivity index (χ2n) is 7.51. The van der Waals surface area contributed by atoms with Gasteiger partial charge in [-0.25, -0.2) is 0 Å². The third kappa shape index (κ3) is 5.71. The summed E-state index contributed by atoms with van der Waals surface area (Å²) in [6.07, 6.45) is 7.66. The summed E-state index contributed by atoms with van der Waals surface area (Å²) in [7, 11) is 0. The maximum atomic E-state index is 11.4. The van der Waals surface area contributed by atoms with Gasteiger partial charge in [-0.15, -0.1) is 0 Å². The molecule has 4 rings (SSSR count). The highest BCUT2D eigenvalue weighted by Gasteiger charge is 2.20. The van der Waals surface area contributed by atoms with Crippen molar-refractivity contribution in [3.05, 3.63) is 74.1 Å². The average molecular weight is 476 g/mol. The summed E-state index contributed by atoms with van der Waals surface area (Å²) in [6.45, 7) is 2.38. The Morgan fingerprint density at radius 3 is 2.76 bits per heavy atom. The molecule has 0 aliphatic heterocycles. The van der Waals surface area contributed by atoms with Gasteiger partial charge in [0.15, 0.2) is 0 Å². The number of anilines is 1. The molecule has 0 spiro atoms. The Morgan fingerprint density at radius 1 is 1.21 bits per heavy atom. The Bertz CT molecular complexity index is 1050. The first-order valence-corrected chi connectivity index (χ1v) is 10.9. The lowest BCUT2D eigenvalue weighted by Gasteiger charge is -2.27. The lowest BCUT2D eigenvalue weighted by atomic mass is 9.79. The minimum atomic E-state index is -0.202. The highest BCUT2D eigenvalue weighted by atomic mass is 79.9. The maximum Gasteiger partial charge on any atom is 0.255 e. The van der Waals surface area contributed by atoms with Crippen molar-refractivity contribution in [1.82, 2.24) is 4.98 Å². The second kappa shape index (κ2) is 10.1. The van der Waals surface area contributed by atoms with Crippen LogP contribution >= 0.6 is 27.5 Å². The smallest absolute Gasteiger partial charge is 0.255 e. The van der Waals surface area contributed by atoms with Crippen molar-refractivity contribution in [1.29, 1.82) is 0 Å². The molecular formula is C23H24BrClN2O2. The van der Waals surface area contributed by atoms with E-state index in [-0.39, 0.29) is 5.56 Å². The number of benzene rings is 2. The van der Waals surface area contributed by atoms with E-state index in [1.807, 2.05) is 0 Å². The van der Waals surface area contributed by atoms with Crippen LogP contribution in [0.3, 0.4) is 0 Å². The van der Waals surface area contributed by atoms with Gasteiger partial charge >= 0.3 is 0 Å². The molecule has 1 heterocycles. The molecule has 1 amide bonds. The molecule has 2 aromatic carbocycles. The lowest BCUT2D eigenvalue weighted by Crippen LogP contribution is -2.11. The normalized spacial score (nSPS) is 18.6. The van der Waals surface area contributed by atoms with Gasteiger partial charge in [-0.3, -0.25) is 9.59 Å². The number of halogens is 2. The molecule has 1 fully saturated rings. The molecule has 1 saturated carbocycles. The van der Waals surface area contributed by atoms with E-state index < -0.39 is 0 Å². The van der Waals surface area contributed by atoms with Gasteiger partial charge in [0.25, 0.3) is 5.56 Å². The SMILES string of the molecule is CC1CCCC(c2cccc(Br)c2)C1.O=CNc1cc2cc[nH]c(=O)c2cc1Cl. The Kier molecular flexibility index (Phi) is 7.51. The van der Waals surface area contributed by atoms with E-state index in [0.29, 0.717) is 22.5 Å². The number of carbonyl (C=O) groups is 1. The van der Waals surface area contributed by atoms with E-state index in [0.717, 1.165) is 17.2 Å². The van der Waals surface area contributed by atoms with Gasteiger partial charge in [0.2, 0.25) is 6.41 Å². The number of aromatic amines is 1. The summed E-state index contributed by atoms with van der Waals surface area (Å²) < 4.78 is 1.22. The average Bonchev–Trinajstić information content (AvgIpc) is 2.70. The van der Waals surface area contributed by atoms with Gasteiger partial charge in [-0.1, -0.05) is 59.4 Å². The number of H-pyrrole nitrogens is 1. The van der Waals surface area contributed by atoms with Crippen LogP contribution in [0.1, 0.15) is 44.1 Å². The summed E-state index contributed by atoms with van der Waals surface area (Å²) in [5.74, 6) is 1.71. The molecule has 2 atom stereocenters. The van der Waals surface area contributed by atoms with Crippen molar-refractivity contribution in [2.75, 3.05) is 5.32 Å². The summed E-state index contributed by atoms with van der Waals surface area (Å²) in [5, 5.41) is 4.03. The number of nitrogens with one attached hydrogen (secondary N) is 2. The number of aromatic nitrogens is 1. The van der Waals surface area contributed by atoms with Crippen LogP contribution in [0.2, 0.25) is 5.02 Å². The molecular weight excluding hydrogens is 452 g/mol. The van der Waals surface area contributed by atoms with Crippen LogP contribution < -0.4 is 10.9 Å². The highest BCUT2D eigenvalue weighted by molar-refractivity contribution is 9.10. The molecule has 0 saturated heterocycles. The molecule has 29 heavy (non-hydrogen) atoms. The molecule has 0 bridgehead atoms. The molecule has 1 aromatic heterocycles. The Morgan fingerprint density at radius 2 is 2.03 bits per heavy atom. The number of pyridine rings is 1. The van der Waals surface area contributed by atoms with E-state index in [1.54, 1.807) is 18.3 Å². The quantitative estimate of drug-likeness (QED) is 0.425. The van der Waals surface area contributed by atoms with Gasteiger partial charge in [0.05, 0.1) is 10.7 Å². The van der Waals surface area contributed by atoms with Crippen LogP contribution in [-0.4, -0.2) is 11.4 Å². The Hall–Kier alpha value is -2.11. The van der Waals surface area contributed by atoms with Crippen molar-refractivity contribution in [2.24, 2.45) is 5.92 Å². The zero-order valence-electron chi connectivity index (χ0n) is 16.3. The molecule has 2 N–H and O–H groups in total. The molecule has 1 aliphatic rings. The zero-order valence-corrected chi connectivity index (χ0v) is 18.6. The van der Waals surface area contributed by atoms with Gasteiger partial charge in [0, 0.05) is 16.1 Å². The first-order valence-electron chi connectivity index (χ1n) is 9.74. The fraction of sp³-hybridized carbons (Fsp3) is 0.304. The molecule has 4 nitrogen and oxygen atoms in total. The lowest BCUT2D eigenvalue weighted by molar-refractivity contribution is -0.105. The topological polar surface area (TPSA) is 62.0 Å². The van der Waals surface area contributed by atoms with Crippen LogP contribution in [-0.2, 0) is 4.79 Å². The highest BCUT2D eigenvalue weighted by Crippen LogP contribution is 2.36. The second-order valence-corrected chi connectivity index (χ2v) is 8.83. The van der Waals surface area contributed by atoms with Crippen LogP contribution in [0.25, 0.3) is 10.8 Å². The van der Waals surface area contributed by atoms with Crippen molar-refractivity contribution in [2.45, 2.75) is 38.5 Å². The summed E-state index contributed by atoms with van der Waals surface area (Å²) in [4.78, 5) is 24.2. The predicted molar refractivity (Wildman–Crippen MR) is 124 cm³/mol. The number of fused-ring (bicyclic) bond motifs is 1. The van der Waals surface area contributed by atoms with Gasteiger partial charge < -0.3 is 10.3 Å². The molecule has 3 aromatic rings. The maximum absolute atomic E-state index is 11.4. The molecule has 0 radical (unpaired) electrons. The van der Waals surface area contributed by atoms with Crippen LogP contribution in [0.5, 0.6) is 0 Å². The number of rotatable bonds is 3. The standard InChI is InChI=1S/C13H17Br.C10H7ClN2O2/c1-10-4-2-5-11(8-10)12-6-3-7-13(14)9-12;11-8-4-7-6(1-2-12-10(7)15)3-9(8)13-5-14/h3,6-7,9-11H,2,4-5,8H2,1H3;1-5H,(H,12,15)(H,13,14). The summed E-state index contributed by atoms with van der Waals surface area (Å²) in [5.41, 5.74) is 1.81. The summed E-state index contributed by atoms with van der Waals surface area (Å²) in [6, 6.07) is 13.7. The first-order chi connectivity index (χ1) is 14.0. The minimum Gasteiger partial charge on any atom is -0.329 e. The third-order valence-corrected chi connectivity index (χ3v) is 6.14. The zero-order chi connectivity index (χ0) is 20.8. The number of carbonyl (C=O) groups excluding carboxylic acids is 1. The molecule has 6 heteroatoms. The van der Waals surface area contributed by atoms with Crippen molar-refractivity contribution >= 4 is 50.4 Å². The molecule has 2 unspecified atom stereocenters. The minimum absolute atomic E-state index is 0.202. The first kappa shape index (κ1) is 21.6. The largest absolute Gasteiger partial charge is 0.329 e. The van der Waals surface area contributed by atoms with Crippen LogP contribution in [0.4, 0.5) is 5.69 Å². The van der Waals surface area contributed by atoms with E-state index >= 15 is 0 Å². The van der Waals surface area contributed by atoms with Gasteiger partial charge in [-0.2, -0.15) is 0 Å². The number of hydrogen-bond acceptors (Lipinski definition) is 2. The fourth-order valence-corrected chi connectivity index (χ4v) is 4.52. The number of amides is 1. The van der Waals surface area contributed by atoms with Gasteiger partial charge in [0.1, 0.15) is 0 Å². The van der Waals surface area contributed by atoms with Crippen molar-refractivity contribution in [3.63, 3.8) is 0 Å². The van der Waals surface area contributed by atoms with E-state index in [1.165, 1.54) is 41.8 Å². The van der Waals surface area contributed by atoms with Crippen molar-refractivity contribution < 1.29 is 4.79 Å². The van der Waals surface area contributed by atoms with Crippen LogP contribution in [0.15, 0.2) is 57.9 Å². The van der Waals surface area contributed by atoms with Crippen molar-refractivity contribution in [3.8, 4) is 0 Å². The monoisotopic (exact) mass is 474 g/mol. The van der Waals surface area contributed by atoms with E-state index in [9.17, 15) is 9.59 Å². The third-order valence-electron chi connectivity index (χ3n) is 5.33. The van der Waals surface area contributed by atoms with Gasteiger partial charge in [-0.05, 0) is 66.0 Å². The predicted octanol–water partition coefficient (Wildman–Crippen LogP) is 6.49. The Balaban J connectivity index is 0.000000166. The Labute approximate surface area is 183 Å². The fourth-order valence-electron chi connectivity index (χ4n) is 3.88. The van der Waals surface area contributed by atoms with E-state index in [4.69, 9.17) is 11.6 Å². The molecule has 152 valence electrons. The number of hydrogen-bond donors (Lipinski definition) is 2. The molecule has 1 aliphatic carbocycles.